The van der Waals surface area contributed by atoms with Crippen LogP contribution in [0.2, 0.25) is 0 Å². The zero-order valence-corrected chi connectivity index (χ0v) is 12.4. The average molecular weight is 286 g/mol. The summed E-state index contributed by atoms with van der Waals surface area (Å²) in [4.78, 5) is 8.52. The van der Waals surface area contributed by atoms with Crippen LogP contribution in [-0.4, -0.2) is 23.1 Å². The first-order chi connectivity index (χ1) is 10.3. The van der Waals surface area contributed by atoms with Gasteiger partial charge in [0, 0.05) is 5.69 Å². The zero-order chi connectivity index (χ0) is 14.9. The maximum atomic E-state index is 5.55. The lowest BCUT2D eigenvalue weighted by molar-refractivity contribution is 0.304. The highest BCUT2D eigenvalue weighted by Crippen LogP contribution is 2.18. The van der Waals surface area contributed by atoms with E-state index in [1.807, 2.05) is 12.1 Å². The number of hydrogen-bond donors (Lipinski definition) is 2. The molecular weight excluding hydrogens is 264 g/mol. The number of aryl methyl sites for hydroxylation is 1. The van der Waals surface area contributed by atoms with Gasteiger partial charge in [0.25, 0.3) is 0 Å². The van der Waals surface area contributed by atoms with Crippen LogP contribution in [0.3, 0.4) is 0 Å². The lowest BCUT2D eigenvalue weighted by atomic mass is 10.1. The summed E-state index contributed by atoms with van der Waals surface area (Å²) in [5.41, 5.74) is 7.80. The van der Waals surface area contributed by atoms with Crippen molar-refractivity contribution in [3.8, 4) is 5.88 Å². The summed E-state index contributed by atoms with van der Waals surface area (Å²) in [7, 11) is 0. The quantitative estimate of drug-likeness (QED) is 0.780. The van der Waals surface area contributed by atoms with E-state index in [-0.39, 0.29) is 0 Å². The van der Waals surface area contributed by atoms with E-state index in [0.717, 1.165) is 24.9 Å². The van der Waals surface area contributed by atoms with Crippen molar-refractivity contribution in [2.75, 3.05) is 18.5 Å². The Morgan fingerprint density at radius 3 is 3.00 bits per heavy atom. The van der Waals surface area contributed by atoms with Crippen LogP contribution < -0.4 is 15.8 Å². The molecular formula is C16H22N4O. The first-order valence-electron chi connectivity index (χ1n) is 7.32. The monoisotopic (exact) mass is 286 g/mol. The van der Waals surface area contributed by atoms with E-state index in [2.05, 4.69) is 34.3 Å². The van der Waals surface area contributed by atoms with Gasteiger partial charge >= 0.3 is 0 Å². The maximum absolute atomic E-state index is 5.55. The normalized spacial score (nSPS) is 10.4. The van der Waals surface area contributed by atoms with Crippen molar-refractivity contribution in [2.24, 2.45) is 5.73 Å². The molecule has 0 aliphatic rings. The molecule has 5 nitrogen and oxygen atoms in total. The smallest absolute Gasteiger partial charge is 0.234 e. The van der Waals surface area contributed by atoms with Gasteiger partial charge in [-0.05, 0) is 43.5 Å². The first kappa shape index (κ1) is 15.3. The molecule has 1 heterocycles. The third kappa shape index (κ3) is 5.04. The van der Waals surface area contributed by atoms with Gasteiger partial charge in [-0.25, -0.2) is 0 Å². The second kappa shape index (κ2) is 8.21. The van der Waals surface area contributed by atoms with Crippen molar-refractivity contribution in [3.05, 3.63) is 42.2 Å². The second-order valence-corrected chi connectivity index (χ2v) is 4.81. The highest BCUT2D eigenvalue weighted by Gasteiger charge is 2.01. The standard InChI is InChI=1S/C16H22N4O/c1-2-9-21-16-12-18-11-15(20-16)19-14-7-3-5-13(10-14)6-4-8-17/h3,5,7,10-12H,2,4,6,8-9,17H2,1H3,(H,19,20). The predicted molar refractivity (Wildman–Crippen MR) is 84.9 cm³/mol. The summed E-state index contributed by atoms with van der Waals surface area (Å²) in [5, 5.41) is 3.25. The second-order valence-electron chi connectivity index (χ2n) is 4.81. The lowest BCUT2D eigenvalue weighted by Crippen LogP contribution is -2.02. The summed E-state index contributed by atoms with van der Waals surface area (Å²) in [6, 6.07) is 8.25. The van der Waals surface area contributed by atoms with Gasteiger partial charge in [-0.1, -0.05) is 19.1 Å². The fraction of sp³-hybridized carbons (Fsp3) is 0.375. The first-order valence-corrected chi connectivity index (χ1v) is 7.32. The van der Waals surface area contributed by atoms with E-state index in [0.29, 0.717) is 24.8 Å². The molecule has 0 fully saturated rings. The van der Waals surface area contributed by atoms with E-state index >= 15 is 0 Å². The number of nitrogens with one attached hydrogen (secondary N) is 1. The maximum Gasteiger partial charge on any atom is 0.234 e. The number of benzene rings is 1. The van der Waals surface area contributed by atoms with Crippen molar-refractivity contribution in [3.63, 3.8) is 0 Å². The van der Waals surface area contributed by atoms with Crippen molar-refractivity contribution < 1.29 is 4.74 Å². The Bertz CT molecular complexity index is 510. The molecule has 0 atom stereocenters. The average Bonchev–Trinajstić information content (AvgIpc) is 2.52. The number of nitrogens with zero attached hydrogens (tertiary/aromatic N) is 2. The molecule has 0 unspecified atom stereocenters. The molecule has 0 aliphatic heterocycles. The minimum Gasteiger partial charge on any atom is -0.477 e. The molecule has 1 aromatic heterocycles. The van der Waals surface area contributed by atoms with Crippen LogP contribution in [0.25, 0.3) is 0 Å². The van der Waals surface area contributed by atoms with Crippen LogP contribution in [-0.2, 0) is 6.42 Å². The summed E-state index contributed by atoms with van der Waals surface area (Å²) >= 11 is 0. The molecule has 5 heteroatoms. The number of ether oxygens (including phenoxy) is 1. The van der Waals surface area contributed by atoms with E-state index in [9.17, 15) is 0 Å². The molecule has 3 N–H and O–H groups in total. The summed E-state index contributed by atoms with van der Waals surface area (Å²) < 4.78 is 5.48. The van der Waals surface area contributed by atoms with Crippen LogP contribution in [0, 0.1) is 0 Å². The highest BCUT2D eigenvalue weighted by molar-refractivity contribution is 5.56. The third-order valence-electron chi connectivity index (χ3n) is 2.94. The number of nitrogens with two attached hydrogens (primary N) is 1. The minimum absolute atomic E-state index is 0.543. The van der Waals surface area contributed by atoms with E-state index in [1.165, 1.54) is 5.56 Å². The number of hydrogen-bond acceptors (Lipinski definition) is 5. The number of aromatic nitrogens is 2. The van der Waals surface area contributed by atoms with Crippen molar-refractivity contribution >= 4 is 11.5 Å². The Kier molecular flexibility index (Phi) is 5.97. The SMILES string of the molecule is CCCOc1cncc(Nc2cccc(CCCN)c2)n1. The lowest BCUT2D eigenvalue weighted by Gasteiger charge is -2.09. The Balaban J connectivity index is 2.03. The largest absolute Gasteiger partial charge is 0.477 e. The highest BCUT2D eigenvalue weighted by atomic mass is 16.5. The van der Waals surface area contributed by atoms with Crippen LogP contribution in [0.15, 0.2) is 36.7 Å². The molecule has 0 amide bonds. The summed E-state index contributed by atoms with van der Waals surface area (Å²) in [6.07, 6.45) is 6.23. The molecule has 2 aromatic rings. The van der Waals surface area contributed by atoms with Crippen molar-refractivity contribution in [1.29, 1.82) is 0 Å². The Morgan fingerprint density at radius 1 is 1.29 bits per heavy atom. The van der Waals surface area contributed by atoms with Crippen LogP contribution in [0.4, 0.5) is 11.5 Å². The Morgan fingerprint density at radius 2 is 2.19 bits per heavy atom. The fourth-order valence-electron chi connectivity index (χ4n) is 1.94. The minimum atomic E-state index is 0.543. The van der Waals surface area contributed by atoms with Gasteiger partial charge in [0.2, 0.25) is 5.88 Å². The third-order valence-corrected chi connectivity index (χ3v) is 2.94. The summed E-state index contributed by atoms with van der Waals surface area (Å²) in [6.45, 7) is 3.41. The fourth-order valence-corrected chi connectivity index (χ4v) is 1.94. The molecule has 0 saturated carbocycles. The van der Waals surface area contributed by atoms with Gasteiger partial charge < -0.3 is 15.8 Å². The van der Waals surface area contributed by atoms with Crippen LogP contribution in [0.1, 0.15) is 25.3 Å². The van der Waals surface area contributed by atoms with Crippen LogP contribution in [0.5, 0.6) is 5.88 Å². The topological polar surface area (TPSA) is 73.1 Å². The van der Waals surface area contributed by atoms with E-state index in [1.54, 1.807) is 12.4 Å². The van der Waals surface area contributed by atoms with Gasteiger partial charge in [-0.2, -0.15) is 4.98 Å². The molecule has 0 aliphatic carbocycles. The zero-order valence-electron chi connectivity index (χ0n) is 12.4. The van der Waals surface area contributed by atoms with Gasteiger partial charge in [-0.3, -0.25) is 4.98 Å². The predicted octanol–water partition coefficient (Wildman–Crippen LogP) is 2.90. The number of rotatable bonds is 8. The van der Waals surface area contributed by atoms with Crippen LogP contribution >= 0.6 is 0 Å². The molecule has 1 aromatic carbocycles. The Labute approximate surface area is 125 Å². The molecule has 21 heavy (non-hydrogen) atoms. The Hall–Kier alpha value is -2.14. The van der Waals surface area contributed by atoms with Gasteiger partial charge in [0.1, 0.15) is 0 Å². The molecule has 112 valence electrons. The molecule has 0 bridgehead atoms. The van der Waals surface area contributed by atoms with Crippen molar-refractivity contribution in [1.82, 2.24) is 9.97 Å². The van der Waals surface area contributed by atoms with Gasteiger partial charge in [0.05, 0.1) is 19.0 Å². The van der Waals surface area contributed by atoms with Gasteiger partial charge in [0.15, 0.2) is 5.82 Å². The van der Waals surface area contributed by atoms with E-state index in [4.69, 9.17) is 10.5 Å². The molecule has 0 spiro atoms. The van der Waals surface area contributed by atoms with Gasteiger partial charge in [-0.15, -0.1) is 0 Å². The molecule has 0 radical (unpaired) electrons. The van der Waals surface area contributed by atoms with Crippen molar-refractivity contribution in [2.45, 2.75) is 26.2 Å². The molecule has 2 rings (SSSR count). The summed E-state index contributed by atoms with van der Waals surface area (Å²) in [5.74, 6) is 1.22. The van der Waals surface area contributed by atoms with E-state index < -0.39 is 0 Å². The number of anilines is 2. The molecule has 0 saturated heterocycles.